The van der Waals surface area contributed by atoms with Gasteiger partial charge in [0.15, 0.2) is 16.8 Å². The van der Waals surface area contributed by atoms with E-state index < -0.39 is 5.82 Å². The van der Waals surface area contributed by atoms with E-state index in [1.54, 1.807) is 6.26 Å². The molecule has 0 aliphatic heterocycles. The van der Waals surface area contributed by atoms with Gasteiger partial charge in [-0.05, 0) is 36.7 Å². The third-order valence-corrected chi connectivity index (χ3v) is 5.32. The van der Waals surface area contributed by atoms with Crippen LogP contribution in [-0.2, 0) is 13.0 Å². The van der Waals surface area contributed by atoms with E-state index >= 15 is 0 Å². The number of halogens is 1. The molecule has 6 nitrogen and oxygen atoms in total. The molecule has 3 aromatic heterocycles. The normalized spacial score (nSPS) is 11.1. The Labute approximate surface area is 165 Å². The molecular weight excluding hydrogens is 377 g/mol. The molecule has 8 heteroatoms. The van der Waals surface area contributed by atoms with Gasteiger partial charge in [0.25, 0.3) is 0 Å². The van der Waals surface area contributed by atoms with Crippen LogP contribution < -0.4 is 0 Å². The number of aryl methyl sites for hydroxylation is 2. The highest BCUT2D eigenvalue weighted by molar-refractivity contribution is 7.99. The van der Waals surface area contributed by atoms with Gasteiger partial charge in [0.05, 0.1) is 24.1 Å². The standard InChI is InChI=1S/C20H18FN5OS/c1-3-16-17(21)19(23-12-22-16)28-20-25-24-18(15-9-10-27-13(15)2)26(20)11-14-7-5-4-6-8-14/h4-10,12H,3,11H2,1-2H3. The number of aromatic nitrogens is 5. The molecule has 0 aliphatic rings. The molecule has 0 saturated carbocycles. The molecule has 4 rings (SSSR count). The molecule has 0 N–H and O–H groups in total. The molecular formula is C20H18FN5OS. The average molecular weight is 395 g/mol. The van der Waals surface area contributed by atoms with Crippen LogP contribution in [0.1, 0.15) is 23.9 Å². The molecule has 0 radical (unpaired) electrons. The number of furan rings is 1. The molecule has 28 heavy (non-hydrogen) atoms. The van der Waals surface area contributed by atoms with Gasteiger partial charge in [-0.1, -0.05) is 37.3 Å². The van der Waals surface area contributed by atoms with Gasteiger partial charge in [0.2, 0.25) is 0 Å². The fourth-order valence-electron chi connectivity index (χ4n) is 2.88. The van der Waals surface area contributed by atoms with Gasteiger partial charge in [0, 0.05) is 0 Å². The molecule has 1 aromatic carbocycles. The largest absolute Gasteiger partial charge is 0.469 e. The Morgan fingerprint density at radius 2 is 1.93 bits per heavy atom. The predicted molar refractivity (Wildman–Crippen MR) is 103 cm³/mol. The van der Waals surface area contributed by atoms with Crippen molar-refractivity contribution in [1.82, 2.24) is 24.7 Å². The second kappa shape index (κ2) is 7.93. The Morgan fingerprint density at radius 1 is 1.11 bits per heavy atom. The molecule has 0 saturated heterocycles. The zero-order valence-electron chi connectivity index (χ0n) is 15.5. The van der Waals surface area contributed by atoms with Gasteiger partial charge in [-0.2, -0.15) is 0 Å². The maximum Gasteiger partial charge on any atom is 0.198 e. The molecule has 0 aliphatic carbocycles. The minimum atomic E-state index is -0.412. The number of hydrogen-bond donors (Lipinski definition) is 0. The van der Waals surface area contributed by atoms with Crippen LogP contribution in [0, 0.1) is 12.7 Å². The van der Waals surface area contributed by atoms with Gasteiger partial charge in [-0.25, -0.2) is 14.4 Å². The second-order valence-corrected chi connectivity index (χ2v) is 7.12. The highest BCUT2D eigenvalue weighted by Crippen LogP contribution is 2.32. The highest BCUT2D eigenvalue weighted by atomic mass is 32.2. The number of nitrogens with zero attached hydrogens (tertiary/aromatic N) is 5. The summed E-state index contributed by atoms with van der Waals surface area (Å²) >= 11 is 1.15. The number of benzene rings is 1. The van der Waals surface area contributed by atoms with E-state index in [1.807, 2.05) is 54.8 Å². The Morgan fingerprint density at radius 3 is 2.64 bits per heavy atom. The summed E-state index contributed by atoms with van der Waals surface area (Å²) in [5.74, 6) is 1.01. The lowest BCUT2D eigenvalue weighted by Gasteiger charge is -2.10. The van der Waals surface area contributed by atoms with Crippen molar-refractivity contribution >= 4 is 11.8 Å². The Kier molecular flexibility index (Phi) is 5.21. The average Bonchev–Trinajstić information content (AvgIpc) is 3.30. The number of hydrogen-bond acceptors (Lipinski definition) is 6. The third kappa shape index (κ3) is 3.55. The van der Waals surface area contributed by atoms with Crippen molar-refractivity contribution in [3.8, 4) is 11.4 Å². The molecule has 0 spiro atoms. The summed E-state index contributed by atoms with van der Waals surface area (Å²) in [5.41, 5.74) is 2.33. The quantitative estimate of drug-likeness (QED) is 0.447. The SMILES string of the molecule is CCc1ncnc(Sc2nnc(-c3ccoc3C)n2Cc2ccccc2)c1F. The van der Waals surface area contributed by atoms with Crippen LogP contribution >= 0.6 is 11.8 Å². The summed E-state index contributed by atoms with van der Waals surface area (Å²) in [5, 5.41) is 9.45. The van der Waals surface area contributed by atoms with Crippen molar-refractivity contribution in [2.24, 2.45) is 0 Å². The summed E-state index contributed by atoms with van der Waals surface area (Å²) in [4.78, 5) is 8.09. The van der Waals surface area contributed by atoms with Crippen LogP contribution in [0.2, 0.25) is 0 Å². The van der Waals surface area contributed by atoms with Gasteiger partial charge >= 0.3 is 0 Å². The minimum absolute atomic E-state index is 0.240. The van der Waals surface area contributed by atoms with Gasteiger partial charge in [0.1, 0.15) is 17.1 Å². The molecule has 0 unspecified atom stereocenters. The van der Waals surface area contributed by atoms with E-state index in [9.17, 15) is 4.39 Å². The van der Waals surface area contributed by atoms with Gasteiger partial charge in [-0.3, -0.25) is 4.57 Å². The summed E-state index contributed by atoms with van der Waals surface area (Å²) < 4.78 is 22.0. The highest BCUT2D eigenvalue weighted by Gasteiger charge is 2.20. The van der Waals surface area contributed by atoms with Crippen LogP contribution in [0.5, 0.6) is 0 Å². The van der Waals surface area contributed by atoms with Crippen molar-refractivity contribution < 1.29 is 8.81 Å². The summed E-state index contributed by atoms with van der Waals surface area (Å²) in [6, 6.07) is 11.8. The monoisotopic (exact) mass is 395 g/mol. The minimum Gasteiger partial charge on any atom is -0.469 e. The molecule has 0 fully saturated rings. The molecule has 0 amide bonds. The summed E-state index contributed by atoms with van der Waals surface area (Å²) in [6.45, 7) is 4.28. The van der Waals surface area contributed by atoms with E-state index in [0.29, 0.717) is 29.6 Å². The third-order valence-electron chi connectivity index (χ3n) is 4.35. The summed E-state index contributed by atoms with van der Waals surface area (Å²) in [6.07, 6.45) is 3.50. The fraction of sp³-hybridized carbons (Fsp3) is 0.200. The fourth-order valence-corrected chi connectivity index (χ4v) is 3.70. The topological polar surface area (TPSA) is 69.6 Å². The van der Waals surface area contributed by atoms with Crippen molar-refractivity contribution in [2.75, 3.05) is 0 Å². The lowest BCUT2D eigenvalue weighted by atomic mass is 10.2. The van der Waals surface area contributed by atoms with Crippen molar-refractivity contribution in [3.05, 3.63) is 71.8 Å². The number of rotatable bonds is 6. The first kappa shape index (κ1) is 18.4. The Bertz CT molecular complexity index is 1090. The molecule has 3 heterocycles. The Balaban J connectivity index is 1.77. The predicted octanol–water partition coefficient (Wildman–Crippen LogP) is 4.54. The van der Waals surface area contributed by atoms with Crippen LogP contribution in [0.15, 0.2) is 63.6 Å². The first-order valence-electron chi connectivity index (χ1n) is 8.86. The first-order valence-corrected chi connectivity index (χ1v) is 9.67. The maximum absolute atomic E-state index is 14.6. The molecule has 0 bridgehead atoms. The van der Waals surface area contributed by atoms with Crippen LogP contribution in [0.4, 0.5) is 4.39 Å². The van der Waals surface area contributed by atoms with Crippen molar-refractivity contribution in [2.45, 2.75) is 37.0 Å². The van der Waals surface area contributed by atoms with E-state index in [2.05, 4.69) is 20.2 Å². The molecule has 0 atom stereocenters. The Hall–Kier alpha value is -3.00. The second-order valence-electron chi connectivity index (χ2n) is 6.16. The van der Waals surface area contributed by atoms with E-state index in [-0.39, 0.29) is 5.03 Å². The van der Waals surface area contributed by atoms with Gasteiger partial charge < -0.3 is 4.42 Å². The van der Waals surface area contributed by atoms with Crippen molar-refractivity contribution in [1.29, 1.82) is 0 Å². The first-order chi connectivity index (χ1) is 13.7. The molecule has 142 valence electrons. The van der Waals surface area contributed by atoms with Gasteiger partial charge in [-0.15, -0.1) is 10.2 Å². The molecule has 4 aromatic rings. The smallest absolute Gasteiger partial charge is 0.198 e. The van der Waals surface area contributed by atoms with E-state index in [1.165, 1.54) is 6.33 Å². The summed E-state index contributed by atoms with van der Waals surface area (Å²) in [7, 11) is 0. The van der Waals surface area contributed by atoms with E-state index in [0.717, 1.165) is 28.6 Å². The van der Waals surface area contributed by atoms with Crippen molar-refractivity contribution in [3.63, 3.8) is 0 Å². The maximum atomic E-state index is 14.6. The zero-order chi connectivity index (χ0) is 19.5. The lowest BCUT2D eigenvalue weighted by Crippen LogP contribution is -2.05. The van der Waals surface area contributed by atoms with Crippen LogP contribution in [-0.4, -0.2) is 24.7 Å². The lowest BCUT2D eigenvalue weighted by molar-refractivity contribution is 0.534. The zero-order valence-corrected chi connectivity index (χ0v) is 16.3. The van der Waals surface area contributed by atoms with Crippen LogP contribution in [0.3, 0.4) is 0 Å². The van der Waals surface area contributed by atoms with Crippen LogP contribution in [0.25, 0.3) is 11.4 Å². The van der Waals surface area contributed by atoms with E-state index in [4.69, 9.17) is 4.42 Å².